The van der Waals surface area contributed by atoms with Crippen molar-refractivity contribution in [3.8, 4) is 0 Å². The van der Waals surface area contributed by atoms with Crippen LogP contribution in [-0.2, 0) is 16.1 Å². The van der Waals surface area contributed by atoms with Crippen LogP contribution in [0.4, 0.5) is 0 Å². The summed E-state index contributed by atoms with van der Waals surface area (Å²) in [6.45, 7) is 5.09. The lowest BCUT2D eigenvalue weighted by Gasteiger charge is -2.18. The zero-order chi connectivity index (χ0) is 17.5. The monoisotopic (exact) mass is 334 g/mol. The minimum Gasteiger partial charge on any atom is -0.480 e. The molecule has 1 heterocycles. The van der Waals surface area contributed by atoms with Gasteiger partial charge in [-0.15, -0.1) is 0 Å². The summed E-state index contributed by atoms with van der Waals surface area (Å²) in [7, 11) is 0. The van der Waals surface area contributed by atoms with E-state index in [-0.39, 0.29) is 12.6 Å². The topological polar surface area (TPSA) is 90.8 Å². The molecule has 0 fully saturated rings. The average Bonchev–Trinajstić information content (AvgIpc) is 3.08. The lowest BCUT2D eigenvalue weighted by Crippen LogP contribution is -2.33. The molecule has 4 N–H and O–H groups in total. The van der Waals surface area contributed by atoms with E-state index in [1.165, 1.54) is 0 Å². The van der Waals surface area contributed by atoms with E-state index in [2.05, 4.69) is 19.2 Å². The molecule has 0 spiro atoms. The standard InChI is InChI=1S/C18H26N2O4/c1-12(2)9-15(11-21)19-10-13-3-5-14(6-4-13)16-7-8-17(24-16)18(22)20-23/h3-7,12,15,17,19,21,23H,8-11H2,1-2H3,(H,20,22)/t15-,17?/m1/s1. The average molecular weight is 334 g/mol. The van der Waals surface area contributed by atoms with Gasteiger partial charge in [0.05, 0.1) is 6.61 Å². The second-order valence-corrected chi connectivity index (χ2v) is 6.47. The molecule has 0 aliphatic carbocycles. The van der Waals surface area contributed by atoms with Gasteiger partial charge in [0, 0.05) is 24.6 Å². The molecule has 0 bridgehead atoms. The van der Waals surface area contributed by atoms with Crippen molar-refractivity contribution in [1.29, 1.82) is 0 Å². The molecule has 1 amide bonds. The fourth-order valence-electron chi connectivity index (χ4n) is 2.72. The molecule has 24 heavy (non-hydrogen) atoms. The third-order valence-electron chi connectivity index (χ3n) is 4.00. The molecule has 1 aromatic rings. The van der Waals surface area contributed by atoms with E-state index in [0.29, 0.717) is 24.6 Å². The first-order valence-corrected chi connectivity index (χ1v) is 8.27. The molecule has 1 unspecified atom stereocenters. The summed E-state index contributed by atoms with van der Waals surface area (Å²) >= 11 is 0. The summed E-state index contributed by atoms with van der Waals surface area (Å²) < 4.78 is 5.54. The number of carbonyl (C=O) groups excluding carboxylic acids is 1. The van der Waals surface area contributed by atoms with Gasteiger partial charge in [0.2, 0.25) is 0 Å². The van der Waals surface area contributed by atoms with Crippen LogP contribution in [-0.4, -0.2) is 35.0 Å². The Labute approximate surface area is 142 Å². The predicted molar refractivity (Wildman–Crippen MR) is 91.0 cm³/mol. The van der Waals surface area contributed by atoms with E-state index in [1.807, 2.05) is 30.3 Å². The summed E-state index contributed by atoms with van der Waals surface area (Å²) in [4.78, 5) is 11.4. The molecule has 1 aliphatic rings. The smallest absolute Gasteiger partial charge is 0.284 e. The lowest BCUT2D eigenvalue weighted by molar-refractivity contribution is -0.136. The van der Waals surface area contributed by atoms with Crippen LogP contribution < -0.4 is 10.8 Å². The second kappa shape index (κ2) is 8.82. The minimum atomic E-state index is -0.673. The number of hydrogen-bond acceptors (Lipinski definition) is 5. The number of hydrogen-bond donors (Lipinski definition) is 4. The van der Waals surface area contributed by atoms with Crippen molar-refractivity contribution in [3.05, 3.63) is 41.5 Å². The number of amides is 1. The highest BCUT2D eigenvalue weighted by Gasteiger charge is 2.25. The number of ether oxygens (including phenoxy) is 1. The van der Waals surface area contributed by atoms with E-state index in [4.69, 9.17) is 9.94 Å². The molecule has 1 aliphatic heterocycles. The lowest BCUT2D eigenvalue weighted by atomic mass is 10.0. The van der Waals surface area contributed by atoms with E-state index < -0.39 is 12.0 Å². The summed E-state index contributed by atoms with van der Waals surface area (Å²) in [5.74, 6) is 0.644. The summed E-state index contributed by atoms with van der Waals surface area (Å²) in [5, 5.41) is 21.4. The molecular formula is C18H26N2O4. The van der Waals surface area contributed by atoms with E-state index in [9.17, 15) is 9.90 Å². The number of rotatable bonds is 8. The highest BCUT2D eigenvalue weighted by Crippen LogP contribution is 2.26. The molecule has 2 rings (SSSR count). The van der Waals surface area contributed by atoms with Crippen LogP contribution in [0.2, 0.25) is 0 Å². The summed E-state index contributed by atoms with van der Waals surface area (Å²) in [6, 6.07) is 7.98. The van der Waals surface area contributed by atoms with Crippen LogP contribution in [0.15, 0.2) is 30.3 Å². The third-order valence-corrected chi connectivity index (χ3v) is 4.00. The Bertz CT molecular complexity index is 569. The van der Waals surface area contributed by atoms with E-state index in [0.717, 1.165) is 17.5 Å². The predicted octanol–water partition coefficient (Wildman–Crippen LogP) is 1.82. The van der Waals surface area contributed by atoms with Crippen LogP contribution in [0.1, 0.15) is 37.8 Å². The molecule has 0 aromatic heterocycles. The Morgan fingerprint density at radius 3 is 2.62 bits per heavy atom. The number of nitrogens with one attached hydrogen (secondary N) is 2. The first-order valence-electron chi connectivity index (χ1n) is 8.27. The molecule has 2 atom stereocenters. The van der Waals surface area contributed by atoms with Crippen molar-refractivity contribution in [2.24, 2.45) is 5.92 Å². The maximum absolute atomic E-state index is 11.4. The van der Waals surface area contributed by atoms with Crippen molar-refractivity contribution < 1.29 is 19.8 Å². The number of carbonyl (C=O) groups is 1. The zero-order valence-electron chi connectivity index (χ0n) is 14.2. The number of hydroxylamine groups is 1. The number of aliphatic hydroxyl groups excluding tert-OH is 1. The molecule has 132 valence electrons. The van der Waals surface area contributed by atoms with Crippen LogP contribution in [0, 0.1) is 5.92 Å². The van der Waals surface area contributed by atoms with Gasteiger partial charge in [-0.1, -0.05) is 38.1 Å². The molecule has 1 aromatic carbocycles. The van der Waals surface area contributed by atoms with E-state index in [1.54, 1.807) is 5.48 Å². The van der Waals surface area contributed by atoms with E-state index >= 15 is 0 Å². The van der Waals surface area contributed by atoms with Crippen LogP contribution in [0.25, 0.3) is 5.76 Å². The maximum atomic E-state index is 11.4. The quantitative estimate of drug-likeness (QED) is 0.430. The number of aliphatic hydroxyl groups is 1. The van der Waals surface area contributed by atoms with Crippen LogP contribution in [0.3, 0.4) is 0 Å². The Hall–Kier alpha value is -1.89. The van der Waals surface area contributed by atoms with Crippen molar-refractivity contribution in [2.75, 3.05) is 6.61 Å². The van der Waals surface area contributed by atoms with Gasteiger partial charge in [-0.2, -0.15) is 0 Å². The van der Waals surface area contributed by atoms with Crippen molar-refractivity contribution >= 4 is 11.7 Å². The third kappa shape index (κ3) is 5.06. The Balaban J connectivity index is 1.88. The van der Waals surface area contributed by atoms with Crippen molar-refractivity contribution in [2.45, 2.75) is 45.4 Å². The zero-order valence-corrected chi connectivity index (χ0v) is 14.2. The van der Waals surface area contributed by atoms with Crippen molar-refractivity contribution in [1.82, 2.24) is 10.8 Å². The van der Waals surface area contributed by atoms with Gasteiger partial charge in [-0.25, -0.2) is 5.48 Å². The largest absolute Gasteiger partial charge is 0.480 e. The minimum absolute atomic E-state index is 0.100. The van der Waals surface area contributed by atoms with Gasteiger partial charge in [0.25, 0.3) is 5.91 Å². The first kappa shape index (κ1) is 18.4. The molecule has 6 nitrogen and oxygen atoms in total. The van der Waals surface area contributed by atoms with Gasteiger partial charge in [0.15, 0.2) is 6.10 Å². The Morgan fingerprint density at radius 1 is 1.33 bits per heavy atom. The van der Waals surface area contributed by atoms with Gasteiger partial charge in [-0.05, 0) is 24.0 Å². The fourth-order valence-corrected chi connectivity index (χ4v) is 2.72. The molecule has 0 saturated carbocycles. The SMILES string of the molecule is CC(C)C[C@H](CO)NCc1ccc(C2=CCC(C(=O)NO)O2)cc1. The highest BCUT2D eigenvalue weighted by atomic mass is 16.5. The summed E-state index contributed by atoms with van der Waals surface area (Å²) in [6.07, 6.45) is 2.55. The molecular weight excluding hydrogens is 308 g/mol. The second-order valence-electron chi connectivity index (χ2n) is 6.47. The maximum Gasteiger partial charge on any atom is 0.284 e. The fraction of sp³-hybridized carbons (Fsp3) is 0.500. The number of benzene rings is 1. The van der Waals surface area contributed by atoms with Crippen LogP contribution in [0.5, 0.6) is 0 Å². The van der Waals surface area contributed by atoms with Gasteiger partial charge in [0.1, 0.15) is 5.76 Å². The Morgan fingerprint density at radius 2 is 2.04 bits per heavy atom. The van der Waals surface area contributed by atoms with Gasteiger partial charge >= 0.3 is 0 Å². The normalized spacial score (nSPS) is 18.2. The Kier molecular flexibility index (Phi) is 6.78. The van der Waals surface area contributed by atoms with Crippen LogP contribution >= 0.6 is 0 Å². The van der Waals surface area contributed by atoms with Crippen molar-refractivity contribution in [3.63, 3.8) is 0 Å². The van der Waals surface area contributed by atoms with Gasteiger partial charge < -0.3 is 15.2 Å². The van der Waals surface area contributed by atoms with Gasteiger partial charge in [-0.3, -0.25) is 10.0 Å². The highest BCUT2D eigenvalue weighted by molar-refractivity contribution is 5.82. The first-order chi connectivity index (χ1) is 11.5. The molecule has 0 radical (unpaired) electrons. The molecule has 6 heteroatoms. The summed E-state index contributed by atoms with van der Waals surface area (Å²) in [5.41, 5.74) is 3.62. The molecule has 0 saturated heterocycles.